The highest BCUT2D eigenvalue weighted by Crippen LogP contribution is 2.59. The summed E-state index contributed by atoms with van der Waals surface area (Å²) in [6.07, 6.45) is 0.742. The van der Waals surface area contributed by atoms with E-state index in [0.717, 1.165) is 12.0 Å². The quantitative estimate of drug-likeness (QED) is 0.864. The molecule has 0 radical (unpaired) electrons. The zero-order valence-corrected chi connectivity index (χ0v) is 11.9. The van der Waals surface area contributed by atoms with Gasteiger partial charge in [0, 0.05) is 16.7 Å². The van der Waals surface area contributed by atoms with Crippen LogP contribution in [-0.4, -0.2) is 10.9 Å². The molecule has 2 atom stereocenters. The average molecular weight is 295 g/mol. The molecule has 0 amide bonds. The van der Waals surface area contributed by atoms with E-state index in [-0.39, 0.29) is 5.56 Å². The Hall–Kier alpha value is -2.53. The molecule has 110 valence electrons. The Kier molecular flexibility index (Phi) is 2.40. The molecular weight excluding hydrogens is 282 g/mol. The van der Waals surface area contributed by atoms with Crippen molar-refractivity contribution in [3.8, 4) is 5.75 Å². The number of fused-ring (bicyclic) bond motifs is 5. The summed E-state index contributed by atoms with van der Waals surface area (Å²) in [6.45, 7) is 1.97. The Balaban J connectivity index is 2.06. The summed E-state index contributed by atoms with van der Waals surface area (Å²) in [4.78, 5) is 24.5. The Labute approximate surface area is 126 Å². The number of ether oxygens (including phenoxy) is 1. The second kappa shape index (κ2) is 4.01. The van der Waals surface area contributed by atoms with E-state index >= 15 is 0 Å². The Morgan fingerprint density at radius 2 is 1.95 bits per heavy atom. The van der Waals surface area contributed by atoms with E-state index in [4.69, 9.17) is 4.74 Å². The van der Waals surface area contributed by atoms with E-state index in [2.05, 4.69) is 5.18 Å². The standard InChI is InChI=1S/C17H13NO4/c1-2-10-7-8-14-13(9-10)16(20)15(19)11-5-3-4-6-12(11)17(16,18-21)22-14/h3-9,20H,2H2,1H3. The first-order chi connectivity index (χ1) is 10.6. The minimum atomic E-state index is -2.10. The largest absolute Gasteiger partial charge is 0.454 e. The first kappa shape index (κ1) is 13.2. The first-order valence-corrected chi connectivity index (χ1v) is 7.12. The van der Waals surface area contributed by atoms with Crippen LogP contribution >= 0.6 is 0 Å². The zero-order chi connectivity index (χ0) is 15.5. The van der Waals surface area contributed by atoms with Gasteiger partial charge in [-0.25, -0.2) is 0 Å². The predicted octanol–water partition coefficient (Wildman–Crippen LogP) is 2.64. The zero-order valence-electron chi connectivity index (χ0n) is 11.9. The summed E-state index contributed by atoms with van der Waals surface area (Å²) < 4.78 is 5.72. The second-order valence-corrected chi connectivity index (χ2v) is 5.61. The number of hydrogen-bond donors (Lipinski definition) is 1. The van der Waals surface area contributed by atoms with Gasteiger partial charge in [0.2, 0.25) is 11.4 Å². The number of aliphatic hydroxyl groups is 1. The topological polar surface area (TPSA) is 76.0 Å². The van der Waals surface area contributed by atoms with Crippen molar-refractivity contribution < 1.29 is 14.6 Å². The minimum Gasteiger partial charge on any atom is -0.454 e. The van der Waals surface area contributed by atoms with Crippen LogP contribution < -0.4 is 4.74 Å². The van der Waals surface area contributed by atoms with Crippen LogP contribution in [0.1, 0.15) is 34.0 Å². The number of aryl methyl sites for hydroxylation is 1. The summed E-state index contributed by atoms with van der Waals surface area (Å²) in [7, 11) is 0. The molecule has 2 aromatic carbocycles. The van der Waals surface area contributed by atoms with Crippen LogP contribution in [0.4, 0.5) is 0 Å². The number of nitroso groups, excluding NO2 is 1. The van der Waals surface area contributed by atoms with E-state index < -0.39 is 17.1 Å². The molecule has 0 saturated carbocycles. The number of carbonyl (C=O) groups is 1. The van der Waals surface area contributed by atoms with Crippen LogP contribution in [0.2, 0.25) is 0 Å². The van der Waals surface area contributed by atoms with Crippen LogP contribution in [0.5, 0.6) is 5.75 Å². The molecule has 1 heterocycles. The summed E-state index contributed by atoms with van der Waals surface area (Å²) in [5, 5.41) is 14.2. The lowest BCUT2D eigenvalue weighted by atomic mass is 9.85. The van der Waals surface area contributed by atoms with Crippen molar-refractivity contribution in [2.75, 3.05) is 0 Å². The van der Waals surface area contributed by atoms with Crippen LogP contribution in [0, 0.1) is 4.91 Å². The predicted molar refractivity (Wildman–Crippen MR) is 78.6 cm³/mol. The Bertz CT molecular complexity index is 831. The molecule has 0 bridgehead atoms. The smallest absolute Gasteiger partial charge is 0.305 e. The summed E-state index contributed by atoms with van der Waals surface area (Å²) in [6, 6.07) is 11.8. The van der Waals surface area contributed by atoms with Crippen LogP contribution in [0.25, 0.3) is 0 Å². The van der Waals surface area contributed by atoms with Gasteiger partial charge in [0.15, 0.2) is 0 Å². The Morgan fingerprint density at radius 3 is 2.68 bits per heavy atom. The molecule has 0 saturated heterocycles. The van der Waals surface area contributed by atoms with Gasteiger partial charge in [-0.3, -0.25) is 4.79 Å². The third kappa shape index (κ3) is 1.21. The van der Waals surface area contributed by atoms with Crippen LogP contribution in [-0.2, 0) is 17.7 Å². The van der Waals surface area contributed by atoms with Gasteiger partial charge in [-0.1, -0.05) is 37.3 Å². The van der Waals surface area contributed by atoms with Crippen LogP contribution in [0.15, 0.2) is 47.6 Å². The third-order valence-corrected chi connectivity index (χ3v) is 4.58. The molecule has 0 spiro atoms. The van der Waals surface area contributed by atoms with E-state index in [9.17, 15) is 14.8 Å². The minimum absolute atomic E-state index is 0.275. The summed E-state index contributed by atoms with van der Waals surface area (Å²) in [5.74, 6) is -0.225. The number of hydrogen-bond acceptors (Lipinski definition) is 5. The van der Waals surface area contributed by atoms with Gasteiger partial charge < -0.3 is 9.84 Å². The lowest BCUT2D eigenvalue weighted by Crippen LogP contribution is -2.47. The lowest BCUT2D eigenvalue weighted by Gasteiger charge is -2.27. The van der Waals surface area contributed by atoms with Crippen molar-refractivity contribution in [3.05, 3.63) is 69.6 Å². The van der Waals surface area contributed by atoms with Crippen molar-refractivity contribution >= 4 is 5.78 Å². The second-order valence-electron chi connectivity index (χ2n) is 5.61. The summed E-state index contributed by atoms with van der Waals surface area (Å²) in [5.41, 5.74) is -2.19. The van der Waals surface area contributed by atoms with Gasteiger partial charge in [0.1, 0.15) is 5.75 Å². The highest BCUT2D eigenvalue weighted by molar-refractivity contribution is 6.10. The van der Waals surface area contributed by atoms with E-state index in [0.29, 0.717) is 16.9 Å². The van der Waals surface area contributed by atoms with Gasteiger partial charge in [-0.15, -0.1) is 4.91 Å². The highest BCUT2D eigenvalue weighted by atomic mass is 16.6. The van der Waals surface area contributed by atoms with Gasteiger partial charge >= 0.3 is 5.72 Å². The third-order valence-electron chi connectivity index (χ3n) is 4.58. The lowest BCUT2D eigenvalue weighted by molar-refractivity contribution is -0.0800. The van der Waals surface area contributed by atoms with Crippen molar-refractivity contribution in [3.63, 3.8) is 0 Å². The van der Waals surface area contributed by atoms with Crippen molar-refractivity contribution in [2.24, 2.45) is 5.18 Å². The maximum atomic E-state index is 12.8. The fourth-order valence-corrected chi connectivity index (χ4v) is 3.42. The number of Topliss-reactive ketones (excluding diaryl/α,β-unsaturated/α-hetero) is 1. The molecule has 4 rings (SSSR count). The number of carbonyl (C=O) groups excluding carboxylic acids is 1. The van der Waals surface area contributed by atoms with E-state index in [1.54, 1.807) is 36.4 Å². The Morgan fingerprint density at radius 1 is 1.18 bits per heavy atom. The molecule has 1 aliphatic carbocycles. The number of nitrogens with zero attached hydrogens (tertiary/aromatic N) is 1. The molecule has 5 nitrogen and oxygen atoms in total. The molecule has 2 aromatic rings. The number of rotatable bonds is 2. The number of benzene rings is 2. The molecule has 1 N–H and O–H groups in total. The van der Waals surface area contributed by atoms with Crippen molar-refractivity contribution in [2.45, 2.75) is 24.7 Å². The molecule has 0 fully saturated rings. The van der Waals surface area contributed by atoms with Crippen LogP contribution in [0.3, 0.4) is 0 Å². The van der Waals surface area contributed by atoms with Crippen molar-refractivity contribution in [1.29, 1.82) is 0 Å². The molecular formula is C17H13NO4. The molecule has 0 aromatic heterocycles. The van der Waals surface area contributed by atoms with Crippen molar-refractivity contribution in [1.82, 2.24) is 0 Å². The fraction of sp³-hybridized carbons (Fsp3) is 0.235. The SMILES string of the molecule is CCc1ccc2c(c1)C1(O)C(=O)c3ccccc3C1(N=O)O2. The molecule has 2 aliphatic rings. The van der Waals surface area contributed by atoms with E-state index in [1.807, 2.05) is 13.0 Å². The molecule has 1 aliphatic heterocycles. The highest BCUT2D eigenvalue weighted by Gasteiger charge is 2.72. The maximum Gasteiger partial charge on any atom is 0.305 e. The van der Waals surface area contributed by atoms with Gasteiger partial charge in [-0.05, 0) is 29.3 Å². The van der Waals surface area contributed by atoms with Gasteiger partial charge in [0.25, 0.3) is 0 Å². The average Bonchev–Trinajstić information content (AvgIpc) is 2.93. The van der Waals surface area contributed by atoms with E-state index in [1.165, 1.54) is 0 Å². The monoisotopic (exact) mass is 295 g/mol. The van der Waals surface area contributed by atoms with Gasteiger partial charge in [-0.2, -0.15) is 0 Å². The molecule has 5 heteroatoms. The van der Waals surface area contributed by atoms with Gasteiger partial charge in [0.05, 0.1) is 0 Å². The molecule has 2 unspecified atom stereocenters. The number of ketones is 1. The molecule has 22 heavy (non-hydrogen) atoms. The normalized spacial score (nSPS) is 27.8. The summed E-state index contributed by atoms with van der Waals surface area (Å²) >= 11 is 0. The first-order valence-electron chi connectivity index (χ1n) is 7.12. The fourth-order valence-electron chi connectivity index (χ4n) is 3.42. The maximum absolute atomic E-state index is 12.8.